The zero-order chi connectivity index (χ0) is 96.7. The van der Waals surface area contributed by atoms with Gasteiger partial charge in [-0.3, -0.25) is 28.4 Å². The van der Waals surface area contributed by atoms with Crippen LogP contribution in [0.4, 0.5) is 45.0 Å². The number of ether oxygens (including phenoxy) is 5. The molecule has 0 saturated carbocycles. The quantitative estimate of drug-likeness (QED) is 0.0302. The van der Waals surface area contributed by atoms with Crippen molar-refractivity contribution in [1.82, 2.24) is 87.9 Å². The predicted octanol–water partition coefficient (Wildman–Crippen LogP) is 12.8. The van der Waals surface area contributed by atoms with Gasteiger partial charge >= 0.3 is 17.5 Å². The van der Waals surface area contributed by atoms with Crippen LogP contribution in [-0.4, -0.2) is 171 Å². The maximum absolute atomic E-state index is 15.4. The Morgan fingerprint density at radius 3 is 1.62 bits per heavy atom. The van der Waals surface area contributed by atoms with Crippen LogP contribution >= 0.6 is 47.8 Å². The van der Waals surface area contributed by atoms with Crippen LogP contribution in [0, 0.1) is 36.2 Å². The molecule has 0 radical (unpaired) electrons. The van der Waals surface area contributed by atoms with Crippen molar-refractivity contribution in [2.24, 2.45) is 14.1 Å². The Hall–Kier alpha value is -11.4. The maximum Gasteiger partial charge on any atom is 0.390 e. The normalized spacial score (nSPS) is 16.7. The molecule has 16 heterocycles. The highest BCUT2D eigenvalue weighted by Crippen LogP contribution is 2.35. The highest BCUT2D eigenvalue weighted by atomic mass is 79.9. The van der Waals surface area contributed by atoms with Crippen molar-refractivity contribution in [3.8, 4) is 5.82 Å². The average Bonchev–Trinajstić information content (AvgIpc) is 1.62. The van der Waals surface area contributed by atoms with E-state index in [2.05, 4.69) is 151 Å². The number of allylic oxidation sites excluding steroid dienone is 2. The number of rotatable bonds is 14. The van der Waals surface area contributed by atoms with Gasteiger partial charge in [0.1, 0.15) is 23.0 Å². The van der Waals surface area contributed by atoms with E-state index in [1.165, 1.54) is 42.8 Å². The van der Waals surface area contributed by atoms with Gasteiger partial charge in [-0.2, -0.15) is 34.4 Å². The fraction of sp³-hybridized carbons (Fsp3) is 0.477. The Bertz CT molecular complexity index is 6220. The number of aromatic amines is 1. The Morgan fingerprint density at radius 1 is 0.634 bits per heavy atom. The molecular weight excluding hydrogens is 1900 g/mol. The number of nitrogen functional groups attached to an aromatic ring is 1. The second kappa shape index (κ2) is 41.2. The van der Waals surface area contributed by atoms with Gasteiger partial charge in [-0.15, -0.1) is 5.10 Å². The summed E-state index contributed by atoms with van der Waals surface area (Å²) >= 11 is 9.78. The fourth-order valence-electron chi connectivity index (χ4n) is 13.5. The number of aliphatic hydroxyl groups is 3. The monoisotopic (exact) mass is 2010 g/mol. The number of H-pyrrole nitrogens is 1. The van der Waals surface area contributed by atoms with E-state index in [4.69, 9.17) is 44.7 Å². The molecule has 1 saturated heterocycles. The summed E-state index contributed by atoms with van der Waals surface area (Å²) in [6.07, 6.45) is 11.5. The fourth-order valence-corrected chi connectivity index (χ4v) is 15.4. The number of fused-ring (bicyclic) bond motifs is 5. The van der Waals surface area contributed by atoms with Crippen molar-refractivity contribution in [2.75, 3.05) is 30.0 Å². The number of nitro groups is 3. The summed E-state index contributed by atoms with van der Waals surface area (Å²) < 4.78 is 58.4. The minimum absolute atomic E-state index is 0.00984. The lowest BCUT2D eigenvalue weighted by Crippen LogP contribution is -2.36. The minimum Gasteiger partial charge on any atom is -0.390 e. The largest absolute Gasteiger partial charge is 0.390 e. The highest BCUT2D eigenvalue weighted by Gasteiger charge is 2.36. The van der Waals surface area contributed by atoms with E-state index in [9.17, 15) is 49.8 Å². The molecule has 11 aromatic rings. The summed E-state index contributed by atoms with van der Waals surface area (Å²) in [6.45, 7) is 38.8. The molecular formula is C86H112Br3FN24O17. The number of nitrogens with one attached hydrogen (secondary N) is 3. The van der Waals surface area contributed by atoms with Crippen LogP contribution < -0.4 is 33.0 Å². The minimum atomic E-state index is -1.04. The van der Waals surface area contributed by atoms with Crippen LogP contribution in [0.5, 0.6) is 0 Å². The van der Waals surface area contributed by atoms with E-state index in [1.807, 2.05) is 121 Å². The zero-order valence-electron chi connectivity index (χ0n) is 76.7. The molecule has 0 bridgehead atoms. The summed E-state index contributed by atoms with van der Waals surface area (Å²) in [5, 5.41) is 96.0. The number of hydrogen-bond donors (Lipinski definition) is 7. The molecule has 6 aliphatic heterocycles. The van der Waals surface area contributed by atoms with Gasteiger partial charge in [0.05, 0.1) is 192 Å². The number of nitrogens with zero attached hydrogens (tertiary/aromatic N) is 20. The second-order valence-electron chi connectivity index (χ2n) is 36.5. The topological polar surface area (TPSA) is 502 Å². The molecule has 1 atom stereocenters. The molecule has 41 nitrogen and oxygen atoms in total. The number of hydrogen-bond acceptors (Lipinski definition) is 29. The molecule has 10 aromatic heterocycles. The van der Waals surface area contributed by atoms with Gasteiger partial charge in [0.15, 0.2) is 17.5 Å². The molecule has 6 aliphatic rings. The van der Waals surface area contributed by atoms with Crippen LogP contribution in [-0.2, 0) is 122 Å². The smallest absolute Gasteiger partial charge is 0.390 e. The second-order valence-corrected chi connectivity index (χ2v) is 39.2. The molecule has 0 amide bonds. The summed E-state index contributed by atoms with van der Waals surface area (Å²) in [5.41, 5.74) is 12.4. The van der Waals surface area contributed by atoms with Gasteiger partial charge in [-0.05, 0) is 218 Å². The summed E-state index contributed by atoms with van der Waals surface area (Å²) in [4.78, 5) is 72.7. The summed E-state index contributed by atoms with van der Waals surface area (Å²) in [7, 11) is 5.45. The molecule has 131 heavy (non-hydrogen) atoms. The van der Waals surface area contributed by atoms with E-state index in [0.29, 0.717) is 91.2 Å². The van der Waals surface area contributed by atoms with Crippen LogP contribution in [0.15, 0.2) is 137 Å². The number of benzene rings is 1. The van der Waals surface area contributed by atoms with Gasteiger partial charge in [-0.25, -0.2) is 9.37 Å². The predicted molar refractivity (Wildman–Crippen MR) is 498 cm³/mol. The number of aryl methyl sites for hydroxylation is 2. The van der Waals surface area contributed by atoms with Gasteiger partial charge in [0.2, 0.25) is 0 Å². The van der Waals surface area contributed by atoms with Gasteiger partial charge in [0.25, 0.3) is 16.7 Å². The first-order chi connectivity index (χ1) is 61.0. The number of likely N-dealkylation sites (N-methyl/N-ethyl adjacent to an activating group) is 1. The number of anilines is 4. The molecule has 706 valence electrons. The molecule has 1 aromatic carbocycles. The number of nitrogens with two attached hydrogens (primary N) is 1. The lowest BCUT2D eigenvalue weighted by Gasteiger charge is -2.31. The molecule has 0 spiro atoms. The number of epoxide rings is 1. The zero-order valence-corrected chi connectivity index (χ0v) is 81.4. The third kappa shape index (κ3) is 27.4. The SMILES string of the molecule is CC(C)(O)Cn1nc([N+](=O)[O-])cc1CO.CC1(C)CO1.CC1(C)Cn2nc(N)cc2CO1.CC1(C)Cn2nc([N+](=O)[O-])cc2CO1.CCc1c(C2=CN(C)C(C)C(Nc3cc4n(n3)CC(C)(C)OC4)=C2)ccnc1-n1ncc2cc(C(C)(C)C)cc(F)c2c1=O.Cn1cc(Br)cc(Br)c1=O.Cn1cc(Br)cc(Nc2cc3n(n2)CC(C)(C)OC3)c1=O.O=[N+]([O-])c1cc(CO)n[nH]1. The molecule has 0 aliphatic carbocycles. The van der Waals surface area contributed by atoms with E-state index >= 15 is 4.39 Å². The molecule has 1 fully saturated rings. The average molecular weight is 2010 g/mol. The van der Waals surface area contributed by atoms with Gasteiger partial charge < -0.3 is 99.7 Å². The van der Waals surface area contributed by atoms with E-state index < -0.39 is 31.7 Å². The number of halogens is 4. The Kier molecular flexibility index (Phi) is 32.0. The third-order valence-corrected chi connectivity index (χ3v) is 22.2. The molecule has 8 N–H and O–H groups in total. The number of aromatic nitrogens is 17. The third-order valence-electron chi connectivity index (χ3n) is 20.8. The number of pyridine rings is 3. The van der Waals surface area contributed by atoms with E-state index in [0.717, 1.165) is 78.7 Å². The van der Waals surface area contributed by atoms with Crippen LogP contribution in [0.25, 0.3) is 22.2 Å². The van der Waals surface area contributed by atoms with Crippen LogP contribution in [0.2, 0.25) is 0 Å². The van der Waals surface area contributed by atoms with E-state index in [-0.39, 0.29) is 98.9 Å². The maximum atomic E-state index is 15.4. The lowest BCUT2D eigenvalue weighted by atomic mass is 9.86. The Labute approximate surface area is 778 Å². The first-order valence-corrected chi connectivity index (χ1v) is 43.9. The van der Waals surface area contributed by atoms with Gasteiger partial charge in [0, 0.05) is 89.7 Å². The first-order valence-electron chi connectivity index (χ1n) is 41.5. The van der Waals surface area contributed by atoms with Crippen molar-refractivity contribution in [3.63, 3.8) is 0 Å². The van der Waals surface area contributed by atoms with Crippen molar-refractivity contribution >= 4 is 105 Å². The van der Waals surface area contributed by atoms with Gasteiger partial charge in [-0.1, -0.05) is 32.8 Å². The van der Waals surface area contributed by atoms with Crippen molar-refractivity contribution in [3.05, 3.63) is 241 Å². The lowest BCUT2D eigenvalue weighted by molar-refractivity contribution is -0.390. The van der Waals surface area contributed by atoms with Crippen molar-refractivity contribution in [1.29, 1.82) is 0 Å². The molecule has 1 unspecified atom stereocenters. The highest BCUT2D eigenvalue weighted by molar-refractivity contribution is 9.11. The van der Waals surface area contributed by atoms with Crippen LogP contribution in [0.3, 0.4) is 0 Å². The number of aliphatic hydroxyl groups excluding tert-OH is 2. The Balaban J connectivity index is 0.000000171. The van der Waals surface area contributed by atoms with Crippen molar-refractivity contribution in [2.45, 2.75) is 242 Å². The summed E-state index contributed by atoms with van der Waals surface area (Å²) in [6, 6.07) is 18.4. The first kappa shape index (κ1) is 102. The summed E-state index contributed by atoms with van der Waals surface area (Å²) in [5.74, 6) is 1.19. The van der Waals surface area contributed by atoms with E-state index in [1.54, 1.807) is 69.5 Å². The molecule has 45 heteroatoms. The Morgan fingerprint density at radius 2 is 1.14 bits per heavy atom. The van der Waals surface area contributed by atoms with Crippen LogP contribution in [0.1, 0.15) is 169 Å². The molecule has 17 rings (SSSR count). The standard InChI is InChI=1S/C34H40FN7O2.C14H17BrN4O2.C8H13N3O4.C8H11N3O3.C8H13N3O.C6H5Br2NO.C4H5N3O3.C4H8O/c1-9-25-26(10-11-36-31(25)42-32(43)30-21(16-37-42)12-23(14-27(30)35)33(3,4)5)22-13-28(20(2)40(8)17-22)38-29-15-24-18-44-34(6,7)19-41(24)39-29;1-14(2)8-19-10(7-21-14)5-12(17-19)16-11-4-9(15)6-18(3)13(11)20;1-8(2,13)5-10-6(4-12)3-7(9-10)11(14)15;1-8(2)5-10-6(4-14-8)3-7(9-10)11(12)13;1-8(2)5-11-6(4-12-8)3-7(9)10-11;1-9-3-4(7)2-5(8)6(9)10;8-2-3-1-4(6-5-3)7(9)10;1-4(2)3-5-4/h10-17,20H,9,18-19H2,1-8H3,(H,38,39);4-6H,7-8H2,1-3H3,(H,16,17);3,12-13H,4-5H2,1-2H3;3H,4-5H2,1-2H3;3H,4-5H2,1-2H3,(H2,9,10);2-3H,1H3;1,8H,2H2,(H,5,6);3H2,1-2H3. The van der Waals surface area contributed by atoms with Crippen molar-refractivity contribution < 1.29 is 58.2 Å².